The van der Waals surface area contributed by atoms with Crippen molar-refractivity contribution in [3.63, 3.8) is 0 Å². The van der Waals surface area contributed by atoms with Crippen molar-refractivity contribution in [1.29, 1.82) is 0 Å². The first kappa shape index (κ1) is 18.8. The van der Waals surface area contributed by atoms with Crippen LogP contribution in [0.2, 0.25) is 0 Å². The highest BCUT2D eigenvalue weighted by Gasteiger charge is 2.35. The van der Waals surface area contributed by atoms with E-state index in [1.165, 1.54) is 0 Å². The number of hydrogen-bond acceptors (Lipinski definition) is 3. The zero-order valence-electron chi connectivity index (χ0n) is 16.7. The van der Waals surface area contributed by atoms with E-state index in [1.54, 1.807) is 21.3 Å². The van der Waals surface area contributed by atoms with Gasteiger partial charge in [0.2, 0.25) is 0 Å². The minimum absolute atomic E-state index is 0.707. The van der Waals surface area contributed by atoms with Crippen LogP contribution in [0.1, 0.15) is 27.7 Å². The van der Waals surface area contributed by atoms with Gasteiger partial charge in [-0.3, -0.25) is 0 Å². The fourth-order valence-corrected chi connectivity index (χ4v) is 3.11. The van der Waals surface area contributed by atoms with Gasteiger partial charge in [0.25, 0.3) is 0 Å². The molecule has 0 saturated heterocycles. The Labute approximate surface area is 166 Å². The van der Waals surface area contributed by atoms with Gasteiger partial charge in [-0.25, -0.2) is 0 Å². The largest absolute Gasteiger partial charge is 0.455 e. The standard InChI is InChI=1S/C24H24BO3/c1-23(2,26)24(3,4)28-25-17-10-7-9-16(15-17)18-12-8-13-20-19-11-5-6-14-21(19)27-22(18)20/h5-15,26H,1-4H3. The van der Waals surface area contributed by atoms with Crippen LogP contribution in [-0.4, -0.2) is 23.8 Å². The van der Waals surface area contributed by atoms with Gasteiger partial charge in [-0.1, -0.05) is 66.1 Å². The second-order valence-electron chi connectivity index (χ2n) is 8.21. The summed E-state index contributed by atoms with van der Waals surface area (Å²) in [4.78, 5) is 0. The predicted octanol–water partition coefficient (Wildman–Crippen LogP) is 5.06. The molecule has 1 heterocycles. The van der Waals surface area contributed by atoms with Crippen LogP contribution in [-0.2, 0) is 4.65 Å². The molecular formula is C24H24BO3. The van der Waals surface area contributed by atoms with Crippen molar-refractivity contribution in [3.05, 3.63) is 66.7 Å². The number of furan rings is 1. The van der Waals surface area contributed by atoms with Crippen LogP contribution in [0.5, 0.6) is 0 Å². The van der Waals surface area contributed by atoms with E-state index < -0.39 is 11.2 Å². The fourth-order valence-electron chi connectivity index (χ4n) is 3.11. The molecule has 0 unspecified atom stereocenters. The van der Waals surface area contributed by atoms with Crippen LogP contribution < -0.4 is 5.46 Å². The van der Waals surface area contributed by atoms with Gasteiger partial charge in [0.1, 0.15) is 11.2 Å². The van der Waals surface area contributed by atoms with Gasteiger partial charge >= 0.3 is 7.48 Å². The number of rotatable bonds is 5. The average Bonchev–Trinajstić information content (AvgIpc) is 3.04. The van der Waals surface area contributed by atoms with Crippen molar-refractivity contribution in [2.24, 2.45) is 0 Å². The van der Waals surface area contributed by atoms with Gasteiger partial charge in [0.05, 0.1) is 11.2 Å². The summed E-state index contributed by atoms with van der Waals surface area (Å²) in [5, 5.41) is 12.5. The van der Waals surface area contributed by atoms with E-state index in [-0.39, 0.29) is 0 Å². The maximum Gasteiger partial charge on any atom is 0.330 e. The lowest BCUT2D eigenvalue weighted by Gasteiger charge is -2.37. The molecule has 0 amide bonds. The highest BCUT2D eigenvalue weighted by molar-refractivity contribution is 6.47. The molecule has 0 aliphatic rings. The van der Waals surface area contributed by atoms with Crippen LogP contribution in [0.4, 0.5) is 0 Å². The van der Waals surface area contributed by atoms with Crippen molar-refractivity contribution in [2.45, 2.75) is 38.9 Å². The van der Waals surface area contributed by atoms with Crippen LogP contribution in [0.25, 0.3) is 33.1 Å². The van der Waals surface area contributed by atoms with Gasteiger partial charge in [0.15, 0.2) is 0 Å². The number of para-hydroxylation sites is 2. The molecular weight excluding hydrogens is 347 g/mol. The van der Waals surface area contributed by atoms with Crippen LogP contribution in [0.15, 0.2) is 71.1 Å². The zero-order valence-corrected chi connectivity index (χ0v) is 16.7. The van der Waals surface area contributed by atoms with Crippen LogP contribution in [0, 0.1) is 0 Å². The Bertz CT molecular complexity index is 1140. The minimum atomic E-state index is -0.957. The van der Waals surface area contributed by atoms with Crippen LogP contribution in [0.3, 0.4) is 0 Å². The molecule has 28 heavy (non-hydrogen) atoms. The summed E-state index contributed by atoms with van der Waals surface area (Å²) >= 11 is 0. The fraction of sp³-hybridized carbons (Fsp3) is 0.250. The average molecular weight is 371 g/mol. The Morgan fingerprint density at radius 2 is 1.57 bits per heavy atom. The Hall–Kier alpha value is -2.56. The van der Waals surface area contributed by atoms with E-state index in [9.17, 15) is 5.11 Å². The molecule has 0 atom stereocenters. The maximum absolute atomic E-state index is 10.3. The third kappa shape index (κ3) is 3.34. The summed E-state index contributed by atoms with van der Waals surface area (Å²) in [6, 6.07) is 22.5. The quantitative estimate of drug-likeness (QED) is 0.499. The summed E-state index contributed by atoms with van der Waals surface area (Å²) in [6.45, 7) is 7.25. The third-order valence-corrected chi connectivity index (χ3v) is 5.56. The van der Waals surface area contributed by atoms with E-state index in [2.05, 4.69) is 36.4 Å². The second-order valence-corrected chi connectivity index (χ2v) is 8.21. The molecule has 1 N–H and O–H groups in total. The van der Waals surface area contributed by atoms with E-state index in [1.807, 2.05) is 44.2 Å². The van der Waals surface area contributed by atoms with Crippen molar-refractivity contribution < 1.29 is 14.2 Å². The Balaban J connectivity index is 1.70. The molecule has 3 aromatic carbocycles. The van der Waals surface area contributed by atoms with E-state index in [0.29, 0.717) is 0 Å². The Morgan fingerprint density at radius 3 is 2.36 bits per heavy atom. The lowest BCUT2D eigenvalue weighted by molar-refractivity contribution is -0.0893. The molecule has 0 saturated carbocycles. The maximum atomic E-state index is 10.3. The zero-order chi connectivity index (χ0) is 19.9. The summed E-state index contributed by atoms with van der Waals surface area (Å²) in [5.74, 6) is 0. The number of aliphatic hydroxyl groups is 1. The molecule has 1 aromatic heterocycles. The lowest BCUT2D eigenvalue weighted by atomic mass is 9.81. The van der Waals surface area contributed by atoms with Crippen LogP contribution >= 0.6 is 0 Å². The summed E-state index contributed by atoms with van der Waals surface area (Å²) < 4.78 is 12.1. The first-order chi connectivity index (χ1) is 13.3. The molecule has 4 heteroatoms. The Morgan fingerprint density at radius 1 is 0.857 bits per heavy atom. The SMILES string of the molecule is CC(C)(O)C(C)(C)O[B]c1cccc(-c2cccc3c2oc2ccccc23)c1. The molecule has 0 aliphatic carbocycles. The predicted molar refractivity (Wildman–Crippen MR) is 116 cm³/mol. The molecule has 4 aromatic rings. The highest BCUT2D eigenvalue weighted by atomic mass is 16.5. The van der Waals surface area contributed by atoms with Crippen molar-refractivity contribution in [1.82, 2.24) is 0 Å². The second kappa shape index (κ2) is 6.80. The smallest absolute Gasteiger partial charge is 0.330 e. The first-order valence-corrected chi connectivity index (χ1v) is 9.50. The summed E-state index contributed by atoms with van der Waals surface area (Å²) in [6.07, 6.45) is 0. The molecule has 0 bridgehead atoms. The summed E-state index contributed by atoms with van der Waals surface area (Å²) in [7, 11) is 1.71. The molecule has 0 spiro atoms. The van der Waals surface area contributed by atoms with Crippen molar-refractivity contribution >= 4 is 34.9 Å². The van der Waals surface area contributed by atoms with Gasteiger partial charge in [-0.2, -0.15) is 0 Å². The topological polar surface area (TPSA) is 42.6 Å². The van der Waals surface area contributed by atoms with E-state index >= 15 is 0 Å². The third-order valence-electron chi connectivity index (χ3n) is 5.56. The summed E-state index contributed by atoms with van der Waals surface area (Å²) in [5.41, 5.74) is 3.15. The molecule has 0 fully saturated rings. The molecule has 1 radical (unpaired) electrons. The highest BCUT2D eigenvalue weighted by Crippen LogP contribution is 2.35. The normalized spacial score (nSPS) is 12.6. The monoisotopic (exact) mass is 371 g/mol. The van der Waals surface area contributed by atoms with Gasteiger partial charge < -0.3 is 14.2 Å². The molecule has 0 aliphatic heterocycles. The van der Waals surface area contributed by atoms with Gasteiger partial charge in [-0.15, -0.1) is 0 Å². The van der Waals surface area contributed by atoms with Gasteiger partial charge in [-0.05, 0) is 39.3 Å². The van der Waals surface area contributed by atoms with Crippen molar-refractivity contribution in [2.75, 3.05) is 0 Å². The molecule has 141 valence electrons. The first-order valence-electron chi connectivity index (χ1n) is 9.50. The van der Waals surface area contributed by atoms with E-state index in [4.69, 9.17) is 9.07 Å². The van der Waals surface area contributed by atoms with E-state index in [0.717, 1.165) is 38.5 Å². The number of benzene rings is 3. The van der Waals surface area contributed by atoms with Gasteiger partial charge in [0, 0.05) is 16.3 Å². The lowest BCUT2D eigenvalue weighted by Crippen LogP contribution is -2.49. The number of hydrogen-bond donors (Lipinski definition) is 1. The molecule has 4 rings (SSSR count). The van der Waals surface area contributed by atoms with Crippen molar-refractivity contribution in [3.8, 4) is 11.1 Å². The minimum Gasteiger partial charge on any atom is -0.455 e. The Kier molecular flexibility index (Phi) is 4.57. The molecule has 3 nitrogen and oxygen atoms in total. The number of fused-ring (bicyclic) bond motifs is 3.